The molecule has 6 heteroatoms. The van der Waals surface area contributed by atoms with Crippen molar-refractivity contribution in [3.05, 3.63) is 29.6 Å². The van der Waals surface area contributed by atoms with Crippen LogP contribution in [0.15, 0.2) is 18.2 Å². The number of hydrogen-bond acceptors (Lipinski definition) is 4. The van der Waals surface area contributed by atoms with Gasteiger partial charge in [-0.05, 0) is 32.0 Å². The zero-order valence-electron chi connectivity index (χ0n) is 10.6. The van der Waals surface area contributed by atoms with Crippen LogP contribution in [0.3, 0.4) is 0 Å². The van der Waals surface area contributed by atoms with E-state index >= 15 is 0 Å². The Labute approximate surface area is 106 Å². The first-order chi connectivity index (χ1) is 8.13. The van der Waals surface area contributed by atoms with Crippen LogP contribution in [-0.2, 0) is 15.6 Å². The Morgan fingerprint density at radius 3 is 2.50 bits per heavy atom. The van der Waals surface area contributed by atoms with Crippen molar-refractivity contribution in [2.45, 2.75) is 25.2 Å². The van der Waals surface area contributed by atoms with E-state index in [0.29, 0.717) is 5.75 Å². The van der Waals surface area contributed by atoms with Gasteiger partial charge in [0.2, 0.25) is 0 Å². The topological polar surface area (TPSA) is 63.6 Å². The largest absolute Gasteiger partial charge is 0.496 e. The van der Waals surface area contributed by atoms with E-state index < -0.39 is 21.3 Å². The zero-order valence-corrected chi connectivity index (χ0v) is 11.4. The van der Waals surface area contributed by atoms with Crippen molar-refractivity contribution in [2.24, 2.45) is 0 Å². The highest BCUT2D eigenvalue weighted by molar-refractivity contribution is 7.90. The molecule has 0 aliphatic carbocycles. The van der Waals surface area contributed by atoms with Gasteiger partial charge in [-0.2, -0.15) is 0 Å². The van der Waals surface area contributed by atoms with Gasteiger partial charge in [0, 0.05) is 5.56 Å². The standard InChI is InChI=1S/C12H17FO4S/c1-12(2,14)8-18(15,16)7-9-6-10(13)4-5-11(9)17-3/h4-6,14H,7-8H2,1-3H3. The van der Waals surface area contributed by atoms with E-state index in [1.807, 2.05) is 0 Å². The lowest BCUT2D eigenvalue weighted by Gasteiger charge is -2.17. The van der Waals surface area contributed by atoms with Crippen molar-refractivity contribution in [1.29, 1.82) is 0 Å². The molecule has 1 rings (SSSR count). The third-order valence-electron chi connectivity index (χ3n) is 2.19. The summed E-state index contributed by atoms with van der Waals surface area (Å²) in [7, 11) is -2.15. The number of ether oxygens (including phenoxy) is 1. The Kier molecular flexibility index (Phi) is 4.34. The smallest absolute Gasteiger partial charge is 0.157 e. The molecule has 1 N–H and O–H groups in total. The van der Waals surface area contributed by atoms with Crippen LogP contribution in [0, 0.1) is 5.82 Å². The summed E-state index contributed by atoms with van der Waals surface area (Å²) in [5.41, 5.74) is -1.07. The molecule has 0 spiro atoms. The summed E-state index contributed by atoms with van der Waals surface area (Å²) in [4.78, 5) is 0. The fraction of sp³-hybridized carbons (Fsp3) is 0.500. The van der Waals surface area contributed by atoms with Gasteiger partial charge in [0.05, 0.1) is 24.2 Å². The third-order valence-corrected chi connectivity index (χ3v) is 4.09. The number of hydrogen-bond donors (Lipinski definition) is 1. The van der Waals surface area contributed by atoms with Gasteiger partial charge in [-0.15, -0.1) is 0 Å². The summed E-state index contributed by atoms with van der Waals surface area (Å²) >= 11 is 0. The Morgan fingerprint density at radius 2 is 2.00 bits per heavy atom. The summed E-state index contributed by atoms with van der Waals surface area (Å²) in [6, 6.07) is 3.70. The van der Waals surface area contributed by atoms with Crippen LogP contribution in [0.4, 0.5) is 4.39 Å². The van der Waals surface area contributed by atoms with E-state index in [0.717, 1.165) is 6.07 Å². The third kappa shape index (κ3) is 4.62. The van der Waals surface area contributed by atoms with Gasteiger partial charge in [0.25, 0.3) is 0 Å². The minimum absolute atomic E-state index is 0.252. The predicted octanol–water partition coefficient (Wildman–Crippen LogP) is 1.52. The van der Waals surface area contributed by atoms with Crippen LogP contribution in [0.5, 0.6) is 5.75 Å². The average Bonchev–Trinajstić information content (AvgIpc) is 2.13. The molecule has 1 aromatic rings. The summed E-state index contributed by atoms with van der Waals surface area (Å²) in [6.45, 7) is 2.82. The maximum absolute atomic E-state index is 13.1. The van der Waals surface area contributed by atoms with Crippen LogP contribution in [0.1, 0.15) is 19.4 Å². The molecule has 0 fully saturated rings. The lowest BCUT2D eigenvalue weighted by molar-refractivity contribution is 0.105. The average molecular weight is 276 g/mol. The number of methoxy groups -OCH3 is 1. The number of rotatable bonds is 5. The van der Waals surface area contributed by atoms with Crippen LogP contribution in [-0.4, -0.2) is 32.0 Å². The summed E-state index contributed by atoms with van der Waals surface area (Å²) in [5, 5.41) is 9.53. The minimum Gasteiger partial charge on any atom is -0.496 e. The van der Waals surface area contributed by atoms with E-state index in [-0.39, 0.29) is 17.1 Å². The molecule has 0 aliphatic heterocycles. The number of sulfone groups is 1. The Hall–Kier alpha value is -1.14. The Morgan fingerprint density at radius 1 is 1.39 bits per heavy atom. The van der Waals surface area contributed by atoms with Crippen molar-refractivity contribution < 1.29 is 22.7 Å². The van der Waals surface area contributed by atoms with Gasteiger partial charge in [-0.1, -0.05) is 0 Å². The van der Waals surface area contributed by atoms with Gasteiger partial charge in [0.15, 0.2) is 9.84 Å². The molecule has 0 saturated heterocycles. The Balaban J connectivity index is 3.00. The first-order valence-electron chi connectivity index (χ1n) is 5.38. The maximum Gasteiger partial charge on any atom is 0.157 e. The second kappa shape index (κ2) is 5.24. The molecule has 18 heavy (non-hydrogen) atoms. The lowest BCUT2D eigenvalue weighted by Crippen LogP contribution is -2.30. The molecule has 0 bridgehead atoms. The molecule has 0 aliphatic rings. The maximum atomic E-state index is 13.1. The molecule has 0 unspecified atom stereocenters. The fourth-order valence-corrected chi connectivity index (χ4v) is 3.56. The van der Waals surface area contributed by atoms with E-state index in [2.05, 4.69) is 0 Å². The number of aliphatic hydroxyl groups is 1. The molecule has 0 radical (unpaired) electrons. The fourth-order valence-electron chi connectivity index (χ4n) is 1.69. The number of halogens is 1. The van der Waals surface area contributed by atoms with Gasteiger partial charge < -0.3 is 9.84 Å². The number of benzene rings is 1. The zero-order chi connectivity index (χ0) is 14.0. The quantitative estimate of drug-likeness (QED) is 0.885. The van der Waals surface area contributed by atoms with Gasteiger partial charge in [-0.25, -0.2) is 12.8 Å². The molecule has 0 saturated carbocycles. The Bertz CT molecular complexity index is 517. The molecule has 1 aromatic carbocycles. The van der Waals surface area contributed by atoms with Crippen molar-refractivity contribution in [3.63, 3.8) is 0 Å². The molecule has 0 aromatic heterocycles. The van der Waals surface area contributed by atoms with Crippen molar-refractivity contribution >= 4 is 9.84 Å². The second-order valence-corrected chi connectivity index (χ2v) is 6.87. The van der Waals surface area contributed by atoms with E-state index in [4.69, 9.17) is 4.74 Å². The molecule has 4 nitrogen and oxygen atoms in total. The minimum atomic E-state index is -3.54. The summed E-state index contributed by atoms with van der Waals surface area (Å²) in [6.07, 6.45) is 0. The molecule has 102 valence electrons. The first-order valence-corrected chi connectivity index (χ1v) is 7.20. The highest BCUT2D eigenvalue weighted by Crippen LogP contribution is 2.23. The van der Waals surface area contributed by atoms with E-state index in [1.165, 1.54) is 33.1 Å². The van der Waals surface area contributed by atoms with Crippen molar-refractivity contribution in [3.8, 4) is 5.75 Å². The van der Waals surface area contributed by atoms with Crippen LogP contribution in [0.2, 0.25) is 0 Å². The van der Waals surface area contributed by atoms with Gasteiger partial charge >= 0.3 is 0 Å². The van der Waals surface area contributed by atoms with Crippen molar-refractivity contribution in [2.75, 3.05) is 12.9 Å². The highest BCUT2D eigenvalue weighted by atomic mass is 32.2. The lowest BCUT2D eigenvalue weighted by atomic mass is 10.2. The summed E-state index contributed by atoms with van der Waals surface area (Å²) in [5.74, 6) is -0.961. The molecule has 0 heterocycles. The van der Waals surface area contributed by atoms with Crippen LogP contribution >= 0.6 is 0 Å². The molecule has 0 atom stereocenters. The molecular formula is C12H17FO4S. The van der Waals surface area contributed by atoms with Gasteiger partial charge in [0.1, 0.15) is 11.6 Å². The molecule has 0 amide bonds. The van der Waals surface area contributed by atoms with E-state index in [1.54, 1.807) is 0 Å². The SMILES string of the molecule is COc1ccc(F)cc1CS(=O)(=O)CC(C)(C)O. The van der Waals surface area contributed by atoms with Gasteiger partial charge in [-0.3, -0.25) is 0 Å². The summed E-state index contributed by atoms with van der Waals surface area (Å²) < 4.78 is 41.8. The normalized spacial score (nSPS) is 12.5. The van der Waals surface area contributed by atoms with Crippen LogP contribution < -0.4 is 4.74 Å². The highest BCUT2D eigenvalue weighted by Gasteiger charge is 2.25. The van der Waals surface area contributed by atoms with E-state index in [9.17, 15) is 17.9 Å². The first kappa shape index (κ1) is 14.9. The van der Waals surface area contributed by atoms with Crippen molar-refractivity contribution in [1.82, 2.24) is 0 Å². The second-order valence-electron chi connectivity index (χ2n) is 4.80. The molecular weight excluding hydrogens is 259 g/mol. The van der Waals surface area contributed by atoms with Crippen LogP contribution in [0.25, 0.3) is 0 Å². The predicted molar refractivity (Wildman–Crippen MR) is 66.7 cm³/mol. The monoisotopic (exact) mass is 276 g/mol.